The molecule has 1 rings (SSSR count). The zero-order valence-corrected chi connectivity index (χ0v) is 6.71. The Hall–Kier alpha value is -0.660. The van der Waals surface area contributed by atoms with Gasteiger partial charge in [-0.2, -0.15) is 0 Å². The van der Waals surface area contributed by atoms with Gasteiger partial charge < -0.3 is 4.79 Å². The molecule has 0 aromatic heterocycles. The maximum Gasteiger partial charge on any atom is 0.132 e. The highest BCUT2D eigenvalue weighted by atomic mass is 16.1. The molecule has 2 heteroatoms. The van der Waals surface area contributed by atoms with E-state index in [4.69, 9.17) is 0 Å². The standard InChI is InChI=1S/C9H14O2/c10-7-1-2-8-3-5-9(11)6-4-8/h7-8H,1-6H2. The number of carbonyl (C=O) groups is 2. The van der Waals surface area contributed by atoms with Crippen LogP contribution < -0.4 is 0 Å². The molecule has 0 bridgehead atoms. The molecule has 0 aromatic carbocycles. The van der Waals surface area contributed by atoms with Crippen molar-refractivity contribution in [3.05, 3.63) is 0 Å². The first-order chi connectivity index (χ1) is 5.33. The molecular formula is C9H14O2. The van der Waals surface area contributed by atoms with Crippen LogP contribution in [-0.4, -0.2) is 12.1 Å². The number of carbonyl (C=O) groups excluding carboxylic acids is 2. The zero-order valence-electron chi connectivity index (χ0n) is 6.71. The molecule has 11 heavy (non-hydrogen) atoms. The monoisotopic (exact) mass is 154 g/mol. The third-order valence-electron chi connectivity index (χ3n) is 2.36. The molecule has 0 unspecified atom stereocenters. The number of Topliss-reactive ketones (excluding diaryl/α,β-unsaturated/α-hetero) is 1. The van der Waals surface area contributed by atoms with Gasteiger partial charge in [-0.05, 0) is 25.2 Å². The fourth-order valence-corrected chi connectivity index (χ4v) is 1.59. The summed E-state index contributed by atoms with van der Waals surface area (Å²) in [6.45, 7) is 0. The van der Waals surface area contributed by atoms with Crippen molar-refractivity contribution in [2.75, 3.05) is 0 Å². The normalized spacial score (nSPS) is 20.2. The first-order valence-corrected chi connectivity index (χ1v) is 4.28. The van der Waals surface area contributed by atoms with Crippen molar-refractivity contribution < 1.29 is 9.59 Å². The lowest BCUT2D eigenvalue weighted by atomic mass is 9.86. The molecule has 1 saturated carbocycles. The van der Waals surface area contributed by atoms with Gasteiger partial charge in [0.2, 0.25) is 0 Å². The quantitative estimate of drug-likeness (QED) is 0.580. The van der Waals surface area contributed by atoms with E-state index in [0.717, 1.165) is 38.4 Å². The van der Waals surface area contributed by atoms with E-state index in [9.17, 15) is 9.59 Å². The van der Waals surface area contributed by atoms with Crippen molar-refractivity contribution in [1.82, 2.24) is 0 Å². The Morgan fingerprint density at radius 3 is 2.55 bits per heavy atom. The Morgan fingerprint density at radius 1 is 1.36 bits per heavy atom. The van der Waals surface area contributed by atoms with Crippen LogP contribution >= 0.6 is 0 Å². The fourth-order valence-electron chi connectivity index (χ4n) is 1.59. The van der Waals surface area contributed by atoms with Crippen LogP contribution in [0.2, 0.25) is 0 Å². The van der Waals surface area contributed by atoms with Gasteiger partial charge >= 0.3 is 0 Å². The van der Waals surface area contributed by atoms with E-state index in [-0.39, 0.29) is 0 Å². The summed E-state index contributed by atoms with van der Waals surface area (Å²) in [5, 5.41) is 0. The second-order valence-corrected chi connectivity index (χ2v) is 3.23. The Bertz CT molecular complexity index is 139. The molecule has 0 atom stereocenters. The van der Waals surface area contributed by atoms with Crippen molar-refractivity contribution in [3.63, 3.8) is 0 Å². The summed E-state index contributed by atoms with van der Waals surface area (Å²) in [5.74, 6) is 1.03. The SMILES string of the molecule is O=CCCC1CCC(=O)CC1. The smallest absolute Gasteiger partial charge is 0.132 e. The fraction of sp³-hybridized carbons (Fsp3) is 0.778. The second kappa shape index (κ2) is 4.27. The molecule has 62 valence electrons. The Balaban J connectivity index is 2.16. The minimum Gasteiger partial charge on any atom is -0.303 e. The summed E-state index contributed by atoms with van der Waals surface area (Å²) in [6, 6.07) is 0. The average molecular weight is 154 g/mol. The molecule has 0 N–H and O–H groups in total. The van der Waals surface area contributed by atoms with Crippen molar-refractivity contribution in [3.8, 4) is 0 Å². The molecule has 0 spiro atoms. The lowest BCUT2D eigenvalue weighted by Gasteiger charge is -2.19. The van der Waals surface area contributed by atoms with Crippen LogP contribution in [0.15, 0.2) is 0 Å². The summed E-state index contributed by atoms with van der Waals surface area (Å²) < 4.78 is 0. The number of hydrogen-bond donors (Lipinski definition) is 0. The van der Waals surface area contributed by atoms with Crippen molar-refractivity contribution in [2.24, 2.45) is 5.92 Å². The summed E-state index contributed by atoms with van der Waals surface area (Å²) >= 11 is 0. The van der Waals surface area contributed by atoms with Crippen molar-refractivity contribution in [1.29, 1.82) is 0 Å². The molecule has 0 amide bonds. The van der Waals surface area contributed by atoms with Gasteiger partial charge in [-0.15, -0.1) is 0 Å². The van der Waals surface area contributed by atoms with E-state index in [2.05, 4.69) is 0 Å². The van der Waals surface area contributed by atoms with E-state index in [0.29, 0.717) is 18.1 Å². The van der Waals surface area contributed by atoms with Gasteiger partial charge in [-0.25, -0.2) is 0 Å². The third kappa shape index (κ3) is 2.83. The third-order valence-corrected chi connectivity index (χ3v) is 2.36. The minimum atomic E-state index is 0.396. The van der Waals surface area contributed by atoms with Gasteiger partial charge in [0.05, 0.1) is 0 Å². The van der Waals surface area contributed by atoms with E-state index in [1.165, 1.54) is 0 Å². The summed E-state index contributed by atoms with van der Waals surface area (Å²) in [7, 11) is 0. The largest absolute Gasteiger partial charge is 0.303 e. The van der Waals surface area contributed by atoms with E-state index >= 15 is 0 Å². The van der Waals surface area contributed by atoms with Crippen molar-refractivity contribution in [2.45, 2.75) is 38.5 Å². The van der Waals surface area contributed by atoms with Gasteiger partial charge in [-0.1, -0.05) is 0 Å². The van der Waals surface area contributed by atoms with Gasteiger partial charge in [-0.3, -0.25) is 4.79 Å². The van der Waals surface area contributed by atoms with Gasteiger partial charge in [0.25, 0.3) is 0 Å². The molecule has 0 saturated heterocycles. The van der Waals surface area contributed by atoms with Crippen LogP contribution in [0.4, 0.5) is 0 Å². The maximum atomic E-state index is 10.8. The van der Waals surface area contributed by atoms with Gasteiger partial charge in [0.15, 0.2) is 0 Å². The number of aldehydes is 1. The molecule has 1 aliphatic rings. The molecule has 0 heterocycles. The molecule has 0 radical (unpaired) electrons. The molecule has 2 nitrogen and oxygen atoms in total. The Labute approximate surface area is 67.0 Å². The summed E-state index contributed by atoms with van der Waals surface area (Å²) in [5.41, 5.74) is 0. The molecule has 1 aliphatic carbocycles. The number of hydrogen-bond acceptors (Lipinski definition) is 2. The number of ketones is 1. The van der Waals surface area contributed by atoms with Gasteiger partial charge in [0, 0.05) is 19.3 Å². The number of rotatable bonds is 3. The predicted octanol–water partition coefficient (Wildman–Crippen LogP) is 1.72. The first kappa shape index (κ1) is 8.44. The van der Waals surface area contributed by atoms with Crippen LogP contribution in [0.1, 0.15) is 38.5 Å². The molecular weight excluding hydrogens is 140 g/mol. The Morgan fingerprint density at radius 2 is 2.00 bits per heavy atom. The van der Waals surface area contributed by atoms with Crippen LogP contribution in [-0.2, 0) is 9.59 Å². The van der Waals surface area contributed by atoms with E-state index < -0.39 is 0 Å². The highest BCUT2D eigenvalue weighted by Crippen LogP contribution is 2.24. The Kier molecular flexibility index (Phi) is 3.27. The predicted molar refractivity (Wildman–Crippen MR) is 42.3 cm³/mol. The highest BCUT2D eigenvalue weighted by Gasteiger charge is 2.17. The van der Waals surface area contributed by atoms with Crippen LogP contribution in [0.25, 0.3) is 0 Å². The molecule has 1 fully saturated rings. The van der Waals surface area contributed by atoms with Crippen LogP contribution in [0.5, 0.6) is 0 Å². The summed E-state index contributed by atoms with van der Waals surface area (Å²) in [4.78, 5) is 20.9. The summed E-state index contributed by atoms with van der Waals surface area (Å²) in [6.07, 6.45) is 6.11. The average Bonchev–Trinajstić information content (AvgIpc) is 2.04. The second-order valence-electron chi connectivity index (χ2n) is 3.23. The first-order valence-electron chi connectivity index (χ1n) is 4.28. The maximum absolute atomic E-state index is 10.8. The van der Waals surface area contributed by atoms with E-state index in [1.807, 2.05) is 0 Å². The van der Waals surface area contributed by atoms with Crippen LogP contribution in [0.3, 0.4) is 0 Å². The topological polar surface area (TPSA) is 34.1 Å². The molecule has 0 aliphatic heterocycles. The lowest BCUT2D eigenvalue weighted by Crippen LogP contribution is -2.13. The highest BCUT2D eigenvalue weighted by molar-refractivity contribution is 5.79. The molecule has 0 aromatic rings. The van der Waals surface area contributed by atoms with Gasteiger partial charge in [0.1, 0.15) is 12.1 Å². The zero-order chi connectivity index (χ0) is 8.10. The van der Waals surface area contributed by atoms with Crippen LogP contribution in [0, 0.1) is 5.92 Å². The lowest BCUT2D eigenvalue weighted by molar-refractivity contribution is -0.121. The van der Waals surface area contributed by atoms with E-state index in [1.54, 1.807) is 0 Å². The minimum absolute atomic E-state index is 0.396. The van der Waals surface area contributed by atoms with Crippen molar-refractivity contribution >= 4 is 12.1 Å².